The second kappa shape index (κ2) is 7.26. The predicted octanol–water partition coefficient (Wildman–Crippen LogP) is 3.38. The number of fused-ring (bicyclic) bond motifs is 1. The van der Waals surface area contributed by atoms with Crippen molar-refractivity contribution in [3.8, 4) is 6.07 Å². The number of hydrogen-bond acceptors (Lipinski definition) is 3. The fourth-order valence-corrected chi connectivity index (χ4v) is 3.80. The largest absolute Gasteiger partial charge is 0.348 e. The molecular weight excluding hydrogens is 336 g/mol. The average molecular weight is 358 g/mol. The molecule has 0 aliphatic carbocycles. The van der Waals surface area contributed by atoms with Crippen LogP contribution >= 0.6 is 0 Å². The number of rotatable bonds is 4. The van der Waals surface area contributed by atoms with Crippen LogP contribution < -0.4 is 4.90 Å². The number of piperazine rings is 1. The zero-order valence-corrected chi connectivity index (χ0v) is 15.4. The number of nitrogens with zero attached hydrogens (tertiary/aromatic N) is 4. The van der Waals surface area contributed by atoms with E-state index in [0.29, 0.717) is 24.3 Å². The molecule has 1 amide bonds. The Morgan fingerprint density at radius 1 is 1.11 bits per heavy atom. The van der Waals surface area contributed by atoms with Crippen molar-refractivity contribution in [1.82, 2.24) is 9.47 Å². The molecule has 5 nitrogen and oxygen atoms in total. The zero-order chi connectivity index (χ0) is 18.8. The summed E-state index contributed by atoms with van der Waals surface area (Å²) >= 11 is 0. The third-order valence-electron chi connectivity index (χ3n) is 5.20. The maximum absolute atomic E-state index is 12.7. The molecule has 2 heterocycles. The van der Waals surface area contributed by atoms with Gasteiger partial charge in [0.25, 0.3) is 0 Å². The van der Waals surface area contributed by atoms with E-state index in [1.54, 1.807) is 11.0 Å². The van der Waals surface area contributed by atoms with Gasteiger partial charge in [-0.2, -0.15) is 5.26 Å². The first-order valence-corrected chi connectivity index (χ1v) is 9.29. The van der Waals surface area contributed by atoms with Crippen LogP contribution in [0.15, 0.2) is 54.7 Å². The summed E-state index contributed by atoms with van der Waals surface area (Å²) in [6.45, 7) is 5.62. The van der Waals surface area contributed by atoms with Crippen LogP contribution in [-0.4, -0.2) is 35.0 Å². The minimum Gasteiger partial charge on any atom is -0.348 e. The van der Waals surface area contributed by atoms with Gasteiger partial charge < -0.3 is 9.47 Å². The topological polar surface area (TPSA) is 52.3 Å². The molecule has 0 atom stereocenters. The van der Waals surface area contributed by atoms with Gasteiger partial charge in [0.15, 0.2) is 0 Å². The highest BCUT2D eigenvalue weighted by Crippen LogP contribution is 2.23. The van der Waals surface area contributed by atoms with Gasteiger partial charge in [0.05, 0.1) is 17.8 Å². The van der Waals surface area contributed by atoms with E-state index in [2.05, 4.69) is 52.9 Å². The standard InChI is InChI=1S/C22H22N4O/c1-2-25-10-9-18-13-17(7-8-20(18)25)15-24-11-12-26(22(27)16-24)21-6-4-3-5-19(21)14-23/h3-10,13H,2,11-12,15-16H2,1H3. The molecule has 136 valence electrons. The van der Waals surface area contributed by atoms with Gasteiger partial charge in [-0.05, 0) is 48.2 Å². The number of anilines is 1. The number of hydrogen-bond donors (Lipinski definition) is 0. The Hall–Kier alpha value is -3.10. The third-order valence-corrected chi connectivity index (χ3v) is 5.20. The lowest BCUT2D eigenvalue weighted by Crippen LogP contribution is -2.50. The van der Waals surface area contributed by atoms with Gasteiger partial charge in [-0.25, -0.2) is 0 Å². The van der Waals surface area contributed by atoms with E-state index < -0.39 is 0 Å². The van der Waals surface area contributed by atoms with Gasteiger partial charge in [-0.3, -0.25) is 9.69 Å². The molecule has 0 bridgehead atoms. The molecule has 0 spiro atoms. The van der Waals surface area contributed by atoms with Crippen molar-refractivity contribution in [2.75, 3.05) is 24.5 Å². The Morgan fingerprint density at radius 2 is 1.96 bits per heavy atom. The monoisotopic (exact) mass is 358 g/mol. The van der Waals surface area contributed by atoms with Crippen LogP contribution in [0.2, 0.25) is 0 Å². The zero-order valence-electron chi connectivity index (χ0n) is 15.4. The molecule has 1 aromatic heterocycles. The summed E-state index contributed by atoms with van der Waals surface area (Å²) in [4.78, 5) is 16.6. The normalized spacial score (nSPS) is 15.3. The van der Waals surface area contributed by atoms with Crippen LogP contribution in [0.3, 0.4) is 0 Å². The van der Waals surface area contributed by atoms with Crippen molar-refractivity contribution in [2.45, 2.75) is 20.0 Å². The lowest BCUT2D eigenvalue weighted by atomic mass is 10.1. The Bertz CT molecular complexity index is 1030. The van der Waals surface area contributed by atoms with Crippen LogP contribution in [0.4, 0.5) is 5.69 Å². The first kappa shape index (κ1) is 17.3. The minimum atomic E-state index is 0.0437. The maximum atomic E-state index is 12.7. The quantitative estimate of drug-likeness (QED) is 0.718. The van der Waals surface area contributed by atoms with E-state index in [-0.39, 0.29) is 5.91 Å². The molecule has 1 aliphatic rings. The van der Waals surface area contributed by atoms with Gasteiger partial charge in [0.2, 0.25) is 5.91 Å². The minimum absolute atomic E-state index is 0.0437. The molecule has 0 unspecified atom stereocenters. The summed E-state index contributed by atoms with van der Waals surface area (Å²) in [6.07, 6.45) is 2.11. The number of carbonyl (C=O) groups is 1. The lowest BCUT2D eigenvalue weighted by molar-refractivity contribution is -0.121. The van der Waals surface area contributed by atoms with Crippen molar-refractivity contribution in [3.63, 3.8) is 0 Å². The van der Waals surface area contributed by atoms with Gasteiger partial charge in [0.1, 0.15) is 6.07 Å². The second-order valence-corrected chi connectivity index (χ2v) is 6.88. The van der Waals surface area contributed by atoms with Crippen LogP contribution in [0.5, 0.6) is 0 Å². The molecule has 1 aliphatic heterocycles. The number of amides is 1. The maximum Gasteiger partial charge on any atom is 0.241 e. The molecule has 0 saturated carbocycles. The molecule has 4 rings (SSSR count). The summed E-state index contributed by atoms with van der Waals surface area (Å²) in [7, 11) is 0. The Balaban J connectivity index is 1.47. The first-order valence-electron chi connectivity index (χ1n) is 9.29. The van der Waals surface area contributed by atoms with Crippen LogP contribution in [0.1, 0.15) is 18.1 Å². The van der Waals surface area contributed by atoms with Crippen molar-refractivity contribution >= 4 is 22.5 Å². The summed E-state index contributed by atoms with van der Waals surface area (Å²) < 4.78 is 2.23. The molecule has 1 fully saturated rings. The van der Waals surface area contributed by atoms with Gasteiger partial charge in [0, 0.05) is 37.9 Å². The highest BCUT2D eigenvalue weighted by molar-refractivity contribution is 5.96. The molecule has 1 saturated heterocycles. The van der Waals surface area contributed by atoms with E-state index in [9.17, 15) is 10.1 Å². The number of carbonyl (C=O) groups excluding carboxylic acids is 1. The van der Waals surface area contributed by atoms with Gasteiger partial charge >= 0.3 is 0 Å². The number of aromatic nitrogens is 1. The molecular formula is C22H22N4O. The fourth-order valence-electron chi connectivity index (χ4n) is 3.80. The van der Waals surface area contributed by atoms with Crippen molar-refractivity contribution < 1.29 is 4.79 Å². The Labute approximate surface area is 159 Å². The molecule has 0 N–H and O–H groups in total. The van der Waals surface area contributed by atoms with Gasteiger partial charge in [-0.15, -0.1) is 0 Å². The summed E-state index contributed by atoms with van der Waals surface area (Å²) in [5.41, 5.74) is 3.72. The summed E-state index contributed by atoms with van der Waals surface area (Å²) in [6, 6.07) is 18.1. The summed E-state index contributed by atoms with van der Waals surface area (Å²) in [5.74, 6) is 0.0437. The second-order valence-electron chi connectivity index (χ2n) is 6.88. The third kappa shape index (κ3) is 3.32. The molecule has 2 aromatic carbocycles. The molecule has 27 heavy (non-hydrogen) atoms. The van der Waals surface area contributed by atoms with E-state index >= 15 is 0 Å². The number of benzene rings is 2. The van der Waals surface area contributed by atoms with Crippen LogP contribution in [0.25, 0.3) is 10.9 Å². The van der Waals surface area contributed by atoms with Crippen molar-refractivity contribution in [2.24, 2.45) is 0 Å². The van der Waals surface area contributed by atoms with Crippen molar-refractivity contribution in [1.29, 1.82) is 5.26 Å². The van der Waals surface area contributed by atoms with Crippen LogP contribution in [-0.2, 0) is 17.9 Å². The first-order chi connectivity index (χ1) is 13.2. The highest BCUT2D eigenvalue weighted by Gasteiger charge is 2.26. The summed E-state index contributed by atoms with van der Waals surface area (Å²) in [5, 5.41) is 10.5. The van der Waals surface area contributed by atoms with Gasteiger partial charge in [-0.1, -0.05) is 18.2 Å². The average Bonchev–Trinajstić information content (AvgIpc) is 3.10. The fraction of sp³-hybridized carbons (Fsp3) is 0.273. The number of nitriles is 1. The SMILES string of the molecule is CCn1ccc2cc(CN3CCN(c4ccccc4C#N)C(=O)C3)ccc21. The van der Waals surface area contributed by atoms with Crippen LogP contribution in [0, 0.1) is 11.3 Å². The Morgan fingerprint density at radius 3 is 2.74 bits per heavy atom. The number of para-hydroxylation sites is 1. The number of aryl methyl sites for hydroxylation is 1. The van der Waals surface area contributed by atoms with E-state index in [1.165, 1.54) is 16.5 Å². The molecule has 5 heteroatoms. The molecule has 0 radical (unpaired) electrons. The van der Waals surface area contributed by atoms with E-state index in [1.807, 2.05) is 18.2 Å². The van der Waals surface area contributed by atoms with Crippen molar-refractivity contribution in [3.05, 3.63) is 65.9 Å². The smallest absolute Gasteiger partial charge is 0.241 e. The highest BCUT2D eigenvalue weighted by atomic mass is 16.2. The lowest BCUT2D eigenvalue weighted by Gasteiger charge is -2.34. The predicted molar refractivity (Wildman–Crippen MR) is 106 cm³/mol. The Kier molecular flexibility index (Phi) is 4.66. The molecule has 3 aromatic rings. The van der Waals surface area contributed by atoms with E-state index in [0.717, 1.165) is 19.6 Å². The van der Waals surface area contributed by atoms with E-state index in [4.69, 9.17) is 0 Å².